The second-order valence-electron chi connectivity index (χ2n) is 4.63. The van der Waals surface area contributed by atoms with E-state index >= 15 is 0 Å². The molecule has 1 amide bonds. The van der Waals surface area contributed by atoms with E-state index in [0.717, 1.165) is 15.7 Å². The Kier molecular flexibility index (Phi) is 5.02. The highest BCUT2D eigenvalue weighted by Crippen LogP contribution is 2.30. The molecule has 0 bridgehead atoms. The summed E-state index contributed by atoms with van der Waals surface area (Å²) in [6.07, 6.45) is 0. The smallest absolute Gasteiger partial charge is 0.257 e. The Morgan fingerprint density at radius 1 is 1.09 bits per heavy atom. The van der Waals surface area contributed by atoms with Crippen LogP contribution < -0.4 is 5.32 Å². The number of halogens is 3. The Labute approximate surface area is 155 Å². The van der Waals surface area contributed by atoms with E-state index in [9.17, 15) is 4.79 Å². The molecular weight excluding hydrogens is 419 g/mol. The van der Waals surface area contributed by atoms with E-state index in [2.05, 4.69) is 26.2 Å². The number of amides is 1. The maximum absolute atomic E-state index is 12.2. The Bertz CT molecular complexity index is 865. The normalized spacial score (nSPS) is 10.6. The number of thiazole rings is 1. The van der Waals surface area contributed by atoms with E-state index < -0.39 is 0 Å². The second-order valence-corrected chi connectivity index (χ2v) is 7.22. The molecular formula is C16H9BrCl2N2OS. The lowest BCUT2D eigenvalue weighted by Gasteiger charge is -2.02. The first-order valence-electron chi connectivity index (χ1n) is 6.51. The van der Waals surface area contributed by atoms with Crippen LogP contribution in [-0.4, -0.2) is 10.9 Å². The van der Waals surface area contributed by atoms with Crippen LogP contribution in [0.15, 0.2) is 52.3 Å². The summed E-state index contributed by atoms with van der Waals surface area (Å²) in [5.41, 5.74) is 2.15. The number of nitrogens with zero attached hydrogens (tertiary/aromatic N) is 1. The first-order valence-corrected chi connectivity index (χ1v) is 8.93. The van der Waals surface area contributed by atoms with Crippen molar-refractivity contribution in [1.29, 1.82) is 0 Å². The van der Waals surface area contributed by atoms with Crippen molar-refractivity contribution in [3.8, 4) is 11.3 Å². The average Bonchev–Trinajstić information content (AvgIpc) is 2.99. The largest absolute Gasteiger partial charge is 0.298 e. The van der Waals surface area contributed by atoms with Crippen molar-refractivity contribution >= 4 is 61.5 Å². The minimum Gasteiger partial charge on any atom is -0.298 e. The van der Waals surface area contributed by atoms with Crippen molar-refractivity contribution < 1.29 is 4.79 Å². The molecule has 1 N–H and O–H groups in total. The zero-order valence-corrected chi connectivity index (χ0v) is 15.4. The van der Waals surface area contributed by atoms with Gasteiger partial charge in [0.2, 0.25) is 0 Å². The maximum Gasteiger partial charge on any atom is 0.257 e. The van der Waals surface area contributed by atoms with Gasteiger partial charge in [-0.2, -0.15) is 0 Å². The molecule has 3 nitrogen and oxygen atoms in total. The Morgan fingerprint density at radius 3 is 2.52 bits per heavy atom. The van der Waals surface area contributed by atoms with Gasteiger partial charge in [0, 0.05) is 21.0 Å². The van der Waals surface area contributed by atoms with Crippen LogP contribution in [-0.2, 0) is 0 Å². The van der Waals surface area contributed by atoms with Gasteiger partial charge in [0.25, 0.3) is 5.91 Å². The number of benzene rings is 2. The zero-order chi connectivity index (χ0) is 16.4. The minimum atomic E-state index is -0.201. The van der Waals surface area contributed by atoms with Gasteiger partial charge in [-0.3, -0.25) is 10.1 Å². The average molecular weight is 428 g/mol. The van der Waals surface area contributed by atoms with E-state index in [1.54, 1.807) is 24.3 Å². The SMILES string of the molecule is O=C(Nc1nc(-c2ccc(Cl)c(Cl)c2)cs1)c1ccc(Br)cc1. The summed E-state index contributed by atoms with van der Waals surface area (Å²) in [4.78, 5) is 16.6. The summed E-state index contributed by atoms with van der Waals surface area (Å²) in [7, 11) is 0. The Morgan fingerprint density at radius 2 is 1.83 bits per heavy atom. The van der Waals surface area contributed by atoms with E-state index in [-0.39, 0.29) is 5.91 Å². The Hall–Kier alpha value is -1.40. The zero-order valence-electron chi connectivity index (χ0n) is 11.5. The van der Waals surface area contributed by atoms with Crippen LogP contribution >= 0.6 is 50.5 Å². The highest BCUT2D eigenvalue weighted by atomic mass is 79.9. The van der Waals surface area contributed by atoms with Crippen LogP contribution in [0.3, 0.4) is 0 Å². The van der Waals surface area contributed by atoms with Crippen LogP contribution in [0.1, 0.15) is 10.4 Å². The molecule has 0 saturated heterocycles. The first kappa shape index (κ1) is 16.5. The van der Waals surface area contributed by atoms with Gasteiger partial charge in [-0.25, -0.2) is 4.98 Å². The lowest BCUT2D eigenvalue weighted by molar-refractivity contribution is 0.102. The molecule has 1 heterocycles. The number of rotatable bonds is 3. The quantitative estimate of drug-likeness (QED) is 0.546. The van der Waals surface area contributed by atoms with Gasteiger partial charge in [0.05, 0.1) is 15.7 Å². The van der Waals surface area contributed by atoms with Crippen LogP contribution in [0.2, 0.25) is 10.0 Å². The van der Waals surface area contributed by atoms with Gasteiger partial charge in [-0.1, -0.05) is 45.2 Å². The molecule has 0 spiro atoms. The van der Waals surface area contributed by atoms with Gasteiger partial charge in [-0.15, -0.1) is 11.3 Å². The molecule has 3 rings (SSSR count). The standard InChI is InChI=1S/C16H9BrCl2N2OS/c17-11-4-1-9(2-5-11)15(22)21-16-20-14(8-23-16)10-3-6-12(18)13(19)7-10/h1-8H,(H,20,21,22). The molecule has 3 aromatic rings. The fraction of sp³-hybridized carbons (Fsp3) is 0. The summed E-state index contributed by atoms with van der Waals surface area (Å²) < 4.78 is 0.921. The minimum absolute atomic E-state index is 0.201. The third-order valence-electron chi connectivity index (χ3n) is 3.05. The van der Waals surface area contributed by atoms with Crippen molar-refractivity contribution in [3.05, 3.63) is 67.9 Å². The summed E-state index contributed by atoms with van der Waals surface area (Å²) in [5.74, 6) is -0.201. The third-order valence-corrected chi connectivity index (χ3v) is 5.07. The van der Waals surface area contributed by atoms with Gasteiger partial charge >= 0.3 is 0 Å². The maximum atomic E-state index is 12.2. The lowest BCUT2D eigenvalue weighted by atomic mass is 10.2. The molecule has 0 unspecified atom stereocenters. The number of carbonyl (C=O) groups is 1. The molecule has 0 radical (unpaired) electrons. The number of anilines is 1. The lowest BCUT2D eigenvalue weighted by Crippen LogP contribution is -2.11. The third kappa shape index (κ3) is 3.93. The van der Waals surface area contributed by atoms with E-state index in [1.165, 1.54) is 11.3 Å². The fourth-order valence-electron chi connectivity index (χ4n) is 1.89. The van der Waals surface area contributed by atoms with E-state index in [0.29, 0.717) is 20.7 Å². The Balaban J connectivity index is 1.77. The summed E-state index contributed by atoms with van der Waals surface area (Å²) in [6.45, 7) is 0. The van der Waals surface area contributed by atoms with Crippen molar-refractivity contribution in [2.75, 3.05) is 5.32 Å². The molecule has 116 valence electrons. The van der Waals surface area contributed by atoms with Crippen molar-refractivity contribution in [2.24, 2.45) is 0 Å². The second kappa shape index (κ2) is 7.01. The molecule has 0 aliphatic rings. The molecule has 0 atom stereocenters. The molecule has 0 fully saturated rings. The summed E-state index contributed by atoms with van der Waals surface area (Å²) in [5, 5.41) is 6.14. The highest BCUT2D eigenvalue weighted by Gasteiger charge is 2.11. The molecule has 1 aromatic heterocycles. The number of carbonyl (C=O) groups excluding carboxylic acids is 1. The number of nitrogens with one attached hydrogen (secondary N) is 1. The van der Waals surface area contributed by atoms with Crippen molar-refractivity contribution in [2.45, 2.75) is 0 Å². The molecule has 2 aromatic carbocycles. The van der Waals surface area contributed by atoms with Gasteiger partial charge in [0.1, 0.15) is 0 Å². The fourth-order valence-corrected chi connectivity index (χ4v) is 3.17. The number of hydrogen-bond donors (Lipinski definition) is 1. The molecule has 0 aliphatic heterocycles. The summed E-state index contributed by atoms with van der Waals surface area (Å²) >= 11 is 16.6. The molecule has 0 saturated carbocycles. The molecule has 23 heavy (non-hydrogen) atoms. The molecule has 0 aliphatic carbocycles. The monoisotopic (exact) mass is 426 g/mol. The van der Waals surface area contributed by atoms with Crippen LogP contribution in [0.4, 0.5) is 5.13 Å². The topological polar surface area (TPSA) is 42.0 Å². The van der Waals surface area contributed by atoms with Gasteiger partial charge in [0.15, 0.2) is 5.13 Å². The number of hydrogen-bond acceptors (Lipinski definition) is 3. The van der Waals surface area contributed by atoms with Crippen LogP contribution in [0, 0.1) is 0 Å². The first-order chi connectivity index (χ1) is 11.0. The summed E-state index contributed by atoms with van der Waals surface area (Å²) in [6, 6.07) is 12.4. The van der Waals surface area contributed by atoms with E-state index in [4.69, 9.17) is 23.2 Å². The van der Waals surface area contributed by atoms with E-state index in [1.807, 2.05) is 23.6 Å². The van der Waals surface area contributed by atoms with Crippen LogP contribution in [0.25, 0.3) is 11.3 Å². The predicted molar refractivity (Wildman–Crippen MR) is 99.7 cm³/mol. The van der Waals surface area contributed by atoms with Gasteiger partial charge in [-0.05, 0) is 36.4 Å². The van der Waals surface area contributed by atoms with Gasteiger partial charge < -0.3 is 0 Å². The van der Waals surface area contributed by atoms with Crippen molar-refractivity contribution in [3.63, 3.8) is 0 Å². The van der Waals surface area contributed by atoms with Crippen molar-refractivity contribution in [1.82, 2.24) is 4.98 Å². The van der Waals surface area contributed by atoms with Crippen LogP contribution in [0.5, 0.6) is 0 Å². The number of aromatic nitrogens is 1. The highest BCUT2D eigenvalue weighted by molar-refractivity contribution is 9.10. The predicted octanol–water partition coefficient (Wildman–Crippen LogP) is 6.13. The molecule has 7 heteroatoms.